The third kappa shape index (κ3) is 5.27. The van der Waals surface area contributed by atoms with E-state index in [0.29, 0.717) is 36.0 Å². The molecule has 0 bridgehead atoms. The van der Waals surface area contributed by atoms with Gasteiger partial charge in [-0.15, -0.1) is 0 Å². The lowest BCUT2D eigenvalue weighted by Crippen LogP contribution is -2.54. The zero-order valence-electron chi connectivity index (χ0n) is 16.9. The highest BCUT2D eigenvalue weighted by Gasteiger charge is 2.36. The van der Waals surface area contributed by atoms with Gasteiger partial charge in [-0.1, -0.05) is 22.9 Å². The molecule has 0 aliphatic carbocycles. The zero-order valence-corrected chi connectivity index (χ0v) is 20.7. The predicted octanol–water partition coefficient (Wildman–Crippen LogP) is 4.91. The molecule has 2 aromatic carbocycles. The van der Waals surface area contributed by atoms with Crippen molar-refractivity contribution < 1.29 is 23.9 Å². The van der Waals surface area contributed by atoms with Crippen molar-refractivity contribution in [3.8, 4) is 11.5 Å². The number of urea groups is 1. The molecule has 4 amide bonds. The van der Waals surface area contributed by atoms with Crippen LogP contribution in [-0.4, -0.2) is 31.1 Å². The Bertz CT molecular complexity index is 1050. The van der Waals surface area contributed by atoms with Crippen LogP contribution in [0.1, 0.15) is 25.8 Å². The summed E-state index contributed by atoms with van der Waals surface area (Å²) in [5.74, 6) is -0.297. The van der Waals surface area contributed by atoms with E-state index in [1.54, 1.807) is 36.4 Å². The molecule has 3 rings (SSSR count). The fourth-order valence-electron chi connectivity index (χ4n) is 2.93. The second-order valence-corrected chi connectivity index (χ2v) is 8.62. The summed E-state index contributed by atoms with van der Waals surface area (Å²) in [4.78, 5) is 38.8. The normalized spacial score (nSPS) is 15.3. The molecule has 31 heavy (non-hydrogen) atoms. The van der Waals surface area contributed by atoms with Crippen molar-refractivity contribution in [3.05, 3.63) is 55.6 Å². The summed E-state index contributed by atoms with van der Waals surface area (Å²) in [7, 11) is 0. The summed E-state index contributed by atoms with van der Waals surface area (Å²) < 4.78 is 13.1. The number of imide groups is 2. The number of carbonyl (C=O) groups is 3. The first kappa shape index (κ1) is 23.3. The van der Waals surface area contributed by atoms with E-state index in [0.717, 1.165) is 19.4 Å². The first-order valence-electron chi connectivity index (χ1n) is 9.61. The largest absolute Gasteiger partial charge is 0.490 e. The molecule has 9 heteroatoms. The monoisotopic (exact) mass is 598 g/mol. The standard InChI is InChI=1S/C22H20BrIN2O5/c1-3-9-31-19-17(24)11-13(12-18(19)30-4-2)10-16-20(27)25-22(29)26(21(16)28)15-7-5-14(23)6-8-15/h5-8,10-12H,3-4,9H2,1-2H3,(H,25,27,29)/b16-10+. The number of benzene rings is 2. The van der Waals surface area contributed by atoms with Crippen LogP contribution in [0.25, 0.3) is 6.08 Å². The molecule has 0 spiro atoms. The minimum atomic E-state index is -0.789. The van der Waals surface area contributed by atoms with E-state index in [1.165, 1.54) is 6.08 Å². The van der Waals surface area contributed by atoms with Gasteiger partial charge in [0.15, 0.2) is 11.5 Å². The Kier molecular flexibility index (Phi) is 7.71. The first-order chi connectivity index (χ1) is 14.8. The Morgan fingerprint density at radius 2 is 1.81 bits per heavy atom. The van der Waals surface area contributed by atoms with Crippen molar-refractivity contribution in [1.29, 1.82) is 0 Å². The summed E-state index contributed by atoms with van der Waals surface area (Å²) in [6, 6.07) is 9.37. The molecular formula is C22H20BrIN2O5. The van der Waals surface area contributed by atoms with Crippen LogP contribution in [-0.2, 0) is 9.59 Å². The molecule has 1 saturated heterocycles. The number of hydrogen-bond acceptors (Lipinski definition) is 5. The van der Waals surface area contributed by atoms with Crippen molar-refractivity contribution in [1.82, 2.24) is 5.32 Å². The van der Waals surface area contributed by atoms with Gasteiger partial charge in [-0.2, -0.15) is 0 Å². The smallest absolute Gasteiger partial charge is 0.335 e. The molecule has 0 atom stereocenters. The second-order valence-electron chi connectivity index (χ2n) is 6.55. The Morgan fingerprint density at radius 3 is 2.45 bits per heavy atom. The summed E-state index contributed by atoms with van der Waals surface area (Å²) in [5.41, 5.74) is 0.792. The van der Waals surface area contributed by atoms with E-state index < -0.39 is 17.8 Å². The predicted molar refractivity (Wildman–Crippen MR) is 129 cm³/mol. The van der Waals surface area contributed by atoms with Crippen LogP contribution in [0.5, 0.6) is 11.5 Å². The molecule has 2 aromatic rings. The van der Waals surface area contributed by atoms with Gasteiger partial charge < -0.3 is 9.47 Å². The average Bonchev–Trinajstić information content (AvgIpc) is 2.72. The van der Waals surface area contributed by atoms with Gasteiger partial charge >= 0.3 is 6.03 Å². The van der Waals surface area contributed by atoms with Crippen LogP contribution in [0.3, 0.4) is 0 Å². The molecule has 0 aromatic heterocycles. The highest BCUT2D eigenvalue weighted by molar-refractivity contribution is 14.1. The van der Waals surface area contributed by atoms with Gasteiger partial charge in [-0.25, -0.2) is 9.69 Å². The first-order valence-corrected chi connectivity index (χ1v) is 11.5. The number of nitrogens with zero attached hydrogens (tertiary/aromatic N) is 1. The van der Waals surface area contributed by atoms with Gasteiger partial charge in [-0.3, -0.25) is 14.9 Å². The molecule has 1 aliphatic heterocycles. The zero-order chi connectivity index (χ0) is 22.5. The second kappa shape index (κ2) is 10.3. The van der Waals surface area contributed by atoms with E-state index in [2.05, 4.69) is 43.8 Å². The molecule has 0 radical (unpaired) electrons. The van der Waals surface area contributed by atoms with Gasteiger partial charge in [0.05, 0.1) is 22.5 Å². The maximum atomic E-state index is 13.0. The lowest BCUT2D eigenvalue weighted by atomic mass is 10.1. The van der Waals surface area contributed by atoms with Crippen LogP contribution >= 0.6 is 38.5 Å². The topological polar surface area (TPSA) is 84.9 Å². The SMILES string of the molecule is CCCOc1c(I)cc(/C=C2\C(=O)NC(=O)N(c3ccc(Br)cc3)C2=O)cc1OCC. The van der Waals surface area contributed by atoms with Crippen LogP contribution in [0.4, 0.5) is 10.5 Å². The Labute approximate surface area is 202 Å². The Hall–Kier alpha value is -2.40. The van der Waals surface area contributed by atoms with Crippen molar-refractivity contribution in [2.45, 2.75) is 20.3 Å². The van der Waals surface area contributed by atoms with Gasteiger partial charge in [0.25, 0.3) is 11.8 Å². The van der Waals surface area contributed by atoms with Crippen LogP contribution in [0.2, 0.25) is 0 Å². The maximum Gasteiger partial charge on any atom is 0.335 e. The van der Waals surface area contributed by atoms with E-state index in [-0.39, 0.29) is 5.57 Å². The summed E-state index contributed by atoms with van der Waals surface area (Å²) >= 11 is 5.45. The Balaban J connectivity index is 2.00. The highest BCUT2D eigenvalue weighted by Crippen LogP contribution is 2.35. The third-order valence-electron chi connectivity index (χ3n) is 4.28. The number of nitrogens with one attached hydrogen (secondary N) is 1. The number of barbiturate groups is 1. The summed E-state index contributed by atoms with van der Waals surface area (Å²) in [5, 5.41) is 2.23. The van der Waals surface area contributed by atoms with Gasteiger partial charge in [-0.05, 0) is 84.0 Å². The fourth-order valence-corrected chi connectivity index (χ4v) is 3.97. The lowest BCUT2D eigenvalue weighted by molar-refractivity contribution is -0.122. The number of halogens is 2. The Morgan fingerprint density at radius 1 is 1.10 bits per heavy atom. The van der Waals surface area contributed by atoms with Crippen molar-refractivity contribution in [3.63, 3.8) is 0 Å². The van der Waals surface area contributed by atoms with E-state index >= 15 is 0 Å². The van der Waals surface area contributed by atoms with Gasteiger partial charge in [0, 0.05) is 4.47 Å². The molecule has 162 valence electrons. The molecular weight excluding hydrogens is 579 g/mol. The molecule has 1 heterocycles. The van der Waals surface area contributed by atoms with Gasteiger partial charge in [0.2, 0.25) is 0 Å². The fraction of sp³-hybridized carbons (Fsp3) is 0.227. The van der Waals surface area contributed by atoms with Crippen molar-refractivity contribution >= 4 is 68.1 Å². The minimum Gasteiger partial charge on any atom is -0.490 e. The highest BCUT2D eigenvalue weighted by atomic mass is 127. The minimum absolute atomic E-state index is 0.150. The molecule has 1 N–H and O–H groups in total. The van der Waals surface area contributed by atoms with Crippen LogP contribution < -0.4 is 19.7 Å². The third-order valence-corrected chi connectivity index (χ3v) is 5.61. The average molecular weight is 599 g/mol. The van der Waals surface area contributed by atoms with E-state index in [9.17, 15) is 14.4 Å². The van der Waals surface area contributed by atoms with E-state index in [4.69, 9.17) is 9.47 Å². The van der Waals surface area contributed by atoms with Crippen LogP contribution in [0, 0.1) is 3.57 Å². The molecule has 1 fully saturated rings. The molecule has 0 saturated carbocycles. The number of ether oxygens (including phenoxy) is 2. The van der Waals surface area contributed by atoms with Crippen LogP contribution in [0.15, 0.2) is 46.4 Å². The lowest BCUT2D eigenvalue weighted by Gasteiger charge is -2.26. The summed E-state index contributed by atoms with van der Waals surface area (Å²) in [6.45, 7) is 4.85. The molecule has 1 aliphatic rings. The van der Waals surface area contributed by atoms with E-state index in [1.807, 2.05) is 13.8 Å². The summed E-state index contributed by atoms with van der Waals surface area (Å²) in [6.07, 6.45) is 2.30. The number of rotatable bonds is 7. The maximum absolute atomic E-state index is 13.0. The quantitative estimate of drug-likeness (QED) is 0.278. The van der Waals surface area contributed by atoms with Gasteiger partial charge in [0.1, 0.15) is 5.57 Å². The van der Waals surface area contributed by atoms with Crippen molar-refractivity contribution in [2.24, 2.45) is 0 Å². The molecule has 0 unspecified atom stereocenters. The number of hydrogen-bond donors (Lipinski definition) is 1. The number of carbonyl (C=O) groups excluding carboxylic acids is 3. The van der Waals surface area contributed by atoms with Crippen molar-refractivity contribution in [2.75, 3.05) is 18.1 Å². The number of anilines is 1. The number of amides is 4. The molecule has 7 nitrogen and oxygen atoms in total.